The van der Waals surface area contributed by atoms with Gasteiger partial charge in [-0.05, 0) is 36.8 Å². The van der Waals surface area contributed by atoms with E-state index in [2.05, 4.69) is 5.32 Å². The van der Waals surface area contributed by atoms with Crippen LogP contribution in [0.1, 0.15) is 5.56 Å². The summed E-state index contributed by atoms with van der Waals surface area (Å²) in [6.07, 6.45) is 0. The van der Waals surface area contributed by atoms with Crippen molar-refractivity contribution >= 4 is 5.69 Å². The first-order valence-corrected chi connectivity index (χ1v) is 5.93. The van der Waals surface area contributed by atoms with Gasteiger partial charge in [-0.3, -0.25) is 0 Å². The number of rotatable bonds is 5. The van der Waals surface area contributed by atoms with E-state index in [-0.39, 0.29) is 5.82 Å². The number of benzene rings is 2. The molecule has 0 aliphatic heterocycles. The van der Waals surface area contributed by atoms with E-state index in [1.54, 1.807) is 18.2 Å². The summed E-state index contributed by atoms with van der Waals surface area (Å²) in [5.41, 5.74) is 1.67. The lowest BCUT2D eigenvalue weighted by Gasteiger charge is -2.09. The quantitative estimate of drug-likeness (QED) is 0.812. The van der Waals surface area contributed by atoms with Gasteiger partial charge in [0.05, 0.1) is 5.69 Å². The van der Waals surface area contributed by atoms with Crippen LogP contribution in [-0.2, 0) is 0 Å². The van der Waals surface area contributed by atoms with E-state index in [4.69, 9.17) is 4.74 Å². The number of nitrogens with one attached hydrogen (secondary N) is 1. The zero-order valence-electron chi connectivity index (χ0n) is 10.3. The van der Waals surface area contributed by atoms with Gasteiger partial charge in [0.2, 0.25) is 0 Å². The molecule has 0 bridgehead atoms. The molecule has 94 valence electrons. The second-order valence-corrected chi connectivity index (χ2v) is 4.07. The zero-order valence-corrected chi connectivity index (χ0v) is 10.3. The molecule has 0 aliphatic rings. The van der Waals surface area contributed by atoms with E-state index >= 15 is 0 Å². The first-order chi connectivity index (χ1) is 8.75. The van der Waals surface area contributed by atoms with Gasteiger partial charge in [0.15, 0.2) is 0 Å². The minimum atomic E-state index is -0.243. The molecule has 2 nitrogen and oxygen atoms in total. The molecule has 0 atom stereocenters. The summed E-state index contributed by atoms with van der Waals surface area (Å²) in [6.45, 7) is 3.08. The van der Waals surface area contributed by atoms with Crippen LogP contribution in [0.5, 0.6) is 5.75 Å². The van der Waals surface area contributed by atoms with Crippen LogP contribution in [0.2, 0.25) is 0 Å². The Morgan fingerprint density at radius 3 is 2.72 bits per heavy atom. The maximum atomic E-state index is 13.3. The molecule has 0 amide bonds. The Morgan fingerprint density at radius 2 is 1.94 bits per heavy atom. The summed E-state index contributed by atoms with van der Waals surface area (Å²) in [6, 6.07) is 14.5. The molecule has 0 fully saturated rings. The third-order valence-corrected chi connectivity index (χ3v) is 2.55. The van der Waals surface area contributed by atoms with Crippen LogP contribution in [0.15, 0.2) is 48.5 Å². The van der Waals surface area contributed by atoms with Crippen LogP contribution in [0.4, 0.5) is 10.1 Å². The van der Waals surface area contributed by atoms with Gasteiger partial charge in [0.25, 0.3) is 0 Å². The van der Waals surface area contributed by atoms with Gasteiger partial charge in [-0.2, -0.15) is 0 Å². The number of anilines is 1. The van der Waals surface area contributed by atoms with E-state index < -0.39 is 0 Å². The van der Waals surface area contributed by atoms with Gasteiger partial charge < -0.3 is 10.1 Å². The van der Waals surface area contributed by atoms with E-state index in [0.717, 1.165) is 11.3 Å². The fourth-order valence-corrected chi connectivity index (χ4v) is 1.66. The van der Waals surface area contributed by atoms with Crippen molar-refractivity contribution in [3.8, 4) is 5.75 Å². The lowest BCUT2D eigenvalue weighted by atomic mass is 10.2. The molecule has 3 heteroatoms. The smallest absolute Gasteiger partial charge is 0.146 e. The van der Waals surface area contributed by atoms with Crippen LogP contribution in [0.3, 0.4) is 0 Å². The number of halogens is 1. The first kappa shape index (κ1) is 12.4. The standard InChI is InChI=1S/C15H16FNO/c1-12-5-4-6-13(11-12)18-10-9-17-15-8-3-2-7-14(15)16/h2-8,11,17H,9-10H2,1H3. The summed E-state index contributed by atoms with van der Waals surface area (Å²) in [5.74, 6) is 0.596. The predicted octanol–water partition coefficient (Wildman–Crippen LogP) is 3.63. The maximum absolute atomic E-state index is 13.3. The molecule has 2 aromatic carbocycles. The Balaban J connectivity index is 1.78. The van der Waals surface area contributed by atoms with E-state index in [9.17, 15) is 4.39 Å². The topological polar surface area (TPSA) is 21.3 Å². The number of hydrogen-bond acceptors (Lipinski definition) is 2. The summed E-state index contributed by atoms with van der Waals surface area (Å²) in [7, 11) is 0. The van der Waals surface area contributed by atoms with Crippen molar-refractivity contribution in [2.45, 2.75) is 6.92 Å². The highest BCUT2D eigenvalue weighted by Gasteiger charge is 1.99. The van der Waals surface area contributed by atoms with Crippen molar-refractivity contribution in [3.63, 3.8) is 0 Å². The minimum Gasteiger partial charge on any atom is -0.492 e. The summed E-state index contributed by atoms with van der Waals surface area (Å²) in [4.78, 5) is 0. The number of ether oxygens (including phenoxy) is 1. The third kappa shape index (κ3) is 3.48. The number of hydrogen-bond donors (Lipinski definition) is 1. The highest BCUT2D eigenvalue weighted by molar-refractivity contribution is 5.44. The van der Waals surface area contributed by atoms with Gasteiger partial charge >= 0.3 is 0 Å². The Labute approximate surface area is 106 Å². The highest BCUT2D eigenvalue weighted by Crippen LogP contribution is 2.13. The van der Waals surface area contributed by atoms with E-state index in [1.807, 2.05) is 31.2 Å². The molecule has 1 N–H and O–H groups in total. The fraction of sp³-hybridized carbons (Fsp3) is 0.200. The molecule has 0 aromatic heterocycles. The van der Waals surface area contributed by atoms with Crippen LogP contribution in [0, 0.1) is 12.7 Å². The van der Waals surface area contributed by atoms with Gasteiger partial charge in [-0.15, -0.1) is 0 Å². The normalized spacial score (nSPS) is 10.1. The van der Waals surface area contributed by atoms with Crippen molar-refractivity contribution in [3.05, 3.63) is 59.9 Å². The Bertz CT molecular complexity index is 513. The predicted molar refractivity (Wildman–Crippen MR) is 71.6 cm³/mol. The maximum Gasteiger partial charge on any atom is 0.146 e. The minimum absolute atomic E-state index is 0.243. The third-order valence-electron chi connectivity index (χ3n) is 2.55. The van der Waals surface area contributed by atoms with Crippen molar-refractivity contribution in [1.29, 1.82) is 0 Å². The fourth-order valence-electron chi connectivity index (χ4n) is 1.66. The first-order valence-electron chi connectivity index (χ1n) is 5.93. The Morgan fingerprint density at radius 1 is 1.11 bits per heavy atom. The van der Waals surface area contributed by atoms with Crippen molar-refractivity contribution < 1.29 is 9.13 Å². The molecule has 2 rings (SSSR count). The SMILES string of the molecule is Cc1cccc(OCCNc2ccccc2F)c1. The van der Waals surface area contributed by atoms with E-state index in [0.29, 0.717) is 18.8 Å². The van der Waals surface area contributed by atoms with Gasteiger partial charge in [-0.25, -0.2) is 4.39 Å². The van der Waals surface area contributed by atoms with Crippen LogP contribution in [0.25, 0.3) is 0 Å². The molecule has 0 radical (unpaired) electrons. The second-order valence-electron chi connectivity index (χ2n) is 4.07. The second kappa shape index (κ2) is 6.05. The summed E-state index contributed by atoms with van der Waals surface area (Å²) < 4.78 is 18.9. The molecule has 0 heterocycles. The molecule has 18 heavy (non-hydrogen) atoms. The average molecular weight is 245 g/mol. The van der Waals surface area contributed by atoms with Crippen molar-refractivity contribution in [1.82, 2.24) is 0 Å². The van der Waals surface area contributed by atoms with Gasteiger partial charge in [-0.1, -0.05) is 24.3 Å². The molecule has 0 saturated heterocycles. The molecule has 2 aromatic rings. The Kier molecular flexibility index (Phi) is 4.18. The molecular weight excluding hydrogens is 229 g/mol. The lowest BCUT2D eigenvalue weighted by molar-refractivity contribution is 0.332. The molecule has 0 unspecified atom stereocenters. The van der Waals surface area contributed by atoms with Crippen molar-refractivity contribution in [2.75, 3.05) is 18.5 Å². The van der Waals surface area contributed by atoms with Crippen LogP contribution in [-0.4, -0.2) is 13.2 Å². The summed E-state index contributed by atoms with van der Waals surface area (Å²) >= 11 is 0. The van der Waals surface area contributed by atoms with Gasteiger partial charge in [0, 0.05) is 6.54 Å². The van der Waals surface area contributed by atoms with Crippen LogP contribution >= 0.6 is 0 Å². The van der Waals surface area contributed by atoms with E-state index in [1.165, 1.54) is 6.07 Å². The van der Waals surface area contributed by atoms with Gasteiger partial charge in [0.1, 0.15) is 18.2 Å². The number of para-hydroxylation sites is 1. The summed E-state index contributed by atoms with van der Waals surface area (Å²) in [5, 5.41) is 3.00. The monoisotopic (exact) mass is 245 g/mol. The highest BCUT2D eigenvalue weighted by atomic mass is 19.1. The molecule has 0 aliphatic carbocycles. The molecule has 0 spiro atoms. The molecular formula is C15H16FNO. The lowest BCUT2D eigenvalue weighted by Crippen LogP contribution is -2.12. The zero-order chi connectivity index (χ0) is 12.8. The van der Waals surface area contributed by atoms with Crippen molar-refractivity contribution in [2.24, 2.45) is 0 Å². The average Bonchev–Trinajstić information content (AvgIpc) is 2.37. The molecule has 0 saturated carbocycles. The largest absolute Gasteiger partial charge is 0.492 e. The number of aryl methyl sites for hydroxylation is 1. The Hall–Kier alpha value is -2.03. The van der Waals surface area contributed by atoms with Crippen LogP contribution < -0.4 is 10.1 Å².